The van der Waals surface area contributed by atoms with Crippen molar-refractivity contribution in [1.82, 2.24) is 0 Å². The van der Waals surface area contributed by atoms with E-state index >= 15 is 0 Å². The lowest BCUT2D eigenvalue weighted by Crippen LogP contribution is -2.36. The summed E-state index contributed by atoms with van der Waals surface area (Å²) in [6, 6.07) is 3.36. The smallest absolute Gasteiger partial charge is 0.345 e. The van der Waals surface area contributed by atoms with Crippen LogP contribution in [-0.2, 0) is 4.79 Å². The predicted octanol–water partition coefficient (Wildman–Crippen LogP) is 1.15. The zero-order valence-electron chi connectivity index (χ0n) is 9.47. The highest BCUT2D eigenvalue weighted by Gasteiger charge is 2.39. The first-order valence-electron chi connectivity index (χ1n) is 5.30. The van der Waals surface area contributed by atoms with Crippen molar-refractivity contribution in [1.29, 1.82) is 0 Å². The molecule has 92 valence electrons. The van der Waals surface area contributed by atoms with Gasteiger partial charge in [-0.3, -0.25) is 4.79 Å². The quantitative estimate of drug-likeness (QED) is 0.847. The van der Waals surface area contributed by atoms with Crippen molar-refractivity contribution in [3.63, 3.8) is 0 Å². The van der Waals surface area contributed by atoms with Gasteiger partial charge in [-0.15, -0.1) is 11.3 Å². The normalized spacial score (nSPS) is 23.9. The third-order valence-corrected chi connectivity index (χ3v) is 4.32. The maximum absolute atomic E-state index is 11.3. The molecule has 1 unspecified atom stereocenters. The molecule has 1 aliphatic heterocycles. The van der Waals surface area contributed by atoms with Gasteiger partial charge in [0.25, 0.3) is 0 Å². The van der Waals surface area contributed by atoms with Gasteiger partial charge in [0.15, 0.2) is 0 Å². The predicted molar refractivity (Wildman–Crippen MR) is 65.4 cm³/mol. The van der Waals surface area contributed by atoms with Crippen LogP contribution >= 0.6 is 11.3 Å². The minimum Gasteiger partial charge on any atom is -0.477 e. The number of hydrogen-bond acceptors (Lipinski definition) is 4. The monoisotopic (exact) mass is 254 g/mol. The average molecular weight is 254 g/mol. The number of nitrogens with zero attached hydrogens (tertiary/aromatic N) is 1. The van der Waals surface area contributed by atoms with Crippen LogP contribution in [0.3, 0.4) is 0 Å². The summed E-state index contributed by atoms with van der Waals surface area (Å²) in [5.41, 5.74) is 4.86. The third-order valence-electron chi connectivity index (χ3n) is 3.18. The van der Waals surface area contributed by atoms with Crippen molar-refractivity contribution in [2.24, 2.45) is 11.1 Å². The molecule has 0 aliphatic carbocycles. The molecule has 1 aliphatic rings. The number of primary amides is 1. The molecule has 5 nitrogen and oxygen atoms in total. The standard InChI is InChI=1S/C11H14N2O3S/c1-11(10(12)16)4-5-13(6-11)8-3-2-7(17-8)9(14)15/h2-3H,4-6H2,1H3,(H2,12,16)(H,14,15). The van der Waals surface area contributed by atoms with Crippen molar-refractivity contribution in [2.75, 3.05) is 18.0 Å². The van der Waals surface area contributed by atoms with Crippen LogP contribution in [0.2, 0.25) is 0 Å². The first-order valence-corrected chi connectivity index (χ1v) is 6.12. The molecule has 1 saturated heterocycles. The molecule has 6 heteroatoms. The van der Waals surface area contributed by atoms with Crippen molar-refractivity contribution in [3.05, 3.63) is 17.0 Å². The third kappa shape index (κ3) is 2.12. The van der Waals surface area contributed by atoms with E-state index in [0.717, 1.165) is 11.5 Å². The summed E-state index contributed by atoms with van der Waals surface area (Å²) in [5.74, 6) is -1.21. The second kappa shape index (κ2) is 4.03. The molecule has 0 aromatic carbocycles. The Labute approximate surface area is 103 Å². The fourth-order valence-corrected chi connectivity index (χ4v) is 2.83. The Morgan fingerprint density at radius 2 is 2.24 bits per heavy atom. The fraction of sp³-hybridized carbons (Fsp3) is 0.455. The first-order chi connectivity index (χ1) is 7.92. The summed E-state index contributed by atoms with van der Waals surface area (Å²) < 4.78 is 0. The first kappa shape index (κ1) is 11.9. The van der Waals surface area contributed by atoms with E-state index in [9.17, 15) is 9.59 Å². The maximum Gasteiger partial charge on any atom is 0.345 e. The van der Waals surface area contributed by atoms with Gasteiger partial charge in [-0.1, -0.05) is 0 Å². The molecule has 1 amide bonds. The topological polar surface area (TPSA) is 83.6 Å². The number of anilines is 1. The van der Waals surface area contributed by atoms with Crippen molar-refractivity contribution in [3.8, 4) is 0 Å². The molecule has 1 fully saturated rings. The lowest BCUT2D eigenvalue weighted by molar-refractivity contribution is -0.125. The molecule has 2 rings (SSSR count). The molecule has 1 aromatic heterocycles. The van der Waals surface area contributed by atoms with Crippen LogP contribution < -0.4 is 10.6 Å². The summed E-state index contributed by atoms with van der Waals surface area (Å²) in [6.07, 6.45) is 0.711. The molecule has 0 radical (unpaired) electrons. The van der Waals surface area contributed by atoms with E-state index < -0.39 is 11.4 Å². The van der Waals surface area contributed by atoms with Crippen molar-refractivity contribution < 1.29 is 14.7 Å². The molecule has 0 saturated carbocycles. The Kier molecular flexibility index (Phi) is 2.82. The van der Waals surface area contributed by atoms with Crippen LogP contribution in [0, 0.1) is 5.41 Å². The largest absolute Gasteiger partial charge is 0.477 e. The number of rotatable bonds is 3. The van der Waals surface area contributed by atoms with Crippen LogP contribution in [0.1, 0.15) is 23.0 Å². The van der Waals surface area contributed by atoms with Gasteiger partial charge in [0, 0.05) is 13.1 Å². The highest BCUT2D eigenvalue weighted by Crippen LogP contribution is 2.36. The lowest BCUT2D eigenvalue weighted by Gasteiger charge is -2.21. The second-order valence-electron chi connectivity index (χ2n) is 4.54. The molecular weight excluding hydrogens is 240 g/mol. The van der Waals surface area contributed by atoms with Crippen molar-refractivity contribution in [2.45, 2.75) is 13.3 Å². The Morgan fingerprint density at radius 3 is 2.71 bits per heavy atom. The fourth-order valence-electron chi connectivity index (χ4n) is 1.96. The summed E-state index contributed by atoms with van der Waals surface area (Å²) in [6.45, 7) is 3.14. The molecular formula is C11H14N2O3S. The van der Waals surface area contributed by atoms with Crippen LogP contribution in [0.4, 0.5) is 5.00 Å². The number of carbonyl (C=O) groups excluding carboxylic acids is 1. The Bertz CT molecular complexity index is 471. The molecule has 3 N–H and O–H groups in total. The number of carboxylic acids is 1. The van der Waals surface area contributed by atoms with E-state index in [0.29, 0.717) is 17.8 Å². The zero-order valence-corrected chi connectivity index (χ0v) is 10.3. The van der Waals surface area contributed by atoms with Gasteiger partial charge in [-0.25, -0.2) is 4.79 Å². The molecule has 17 heavy (non-hydrogen) atoms. The van der Waals surface area contributed by atoms with E-state index in [-0.39, 0.29) is 5.91 Å². The molecule has 1 aromatic rings. The second-order valence-corrected chi connectivity index (χ2v) is 5.60. The minimum atomic E-state index is -0.918. The van der Waals surface area contributed by atoms with Crippen molar-refractivity contribution >= 4 is 28.2 Å². The Hall–Kier alpha value is -1.56. The van der Waals surface area contributed by atoms with E-state index in [2.05, 4.69) is 0 Å². The number of hydrogen-bond donors (Lipinski definition) is 2. The van der Waals surface area contributed by atoms with E-state index in [1.807, 2.05) is 11.8 Å². The highest BCUT2D eigenvalue weighted by atomic mass is 32.1. The highest BCUT2D eigenvalue weighted by molar-refractivity contribution is 7.17. The maximum atomic E-state index is 11.3. The van der Waals surface area contributed by atoms with Crippen LogP contribution in [0.5, 0.6) is 0 Å². The minimum absolute atomic E-state index is 0.296. The van der Waals surface area contributed by atoms with E-state index in [1.165, 1.54) is 11.3 Å². The van der Waals surface area contributed by atoms with Gasteiger partial charge in [0.1, 0.15) is 4.88 Å². The van der Waals surface area contributed by atoms with Gasteiger partial charge < -0.3 is 15.7 Å². The number of carbonyl (C=O) groups is 2. The Morgan fingerprint density at radius 1 is 1.53 bits per heavy atom. The number of carboxylic acid groups (broad SMARTS) is 1. The molecule has 0 bridgehead atoms. The molecule has 2 heterocycles. The average Bonchev–Trinajstić information content (AvgIpc) is 2.84. The van der Waals surface area contributed by atoms with Crippen LogP contribution in [0.25, 0.3) is 0 Å². The summed E-state index contributed by atoms with van der Waals surface area (Å²) in [5, 5.41) is 9.73. The molecule has 0 spiro atoms. The van der Waals surface area contributed by atoms with Gasteiger partial charge in [-0.2, -0.15) is 0 Å². The van der Waals surface area contributed by atoms with Crippen LogP contribution in [-0.4, -0.2) is 30.1 Å². The number of aromatic carboxylic acids is 1. The summed E-state index contributed by atoms with van der Waals surface area (Å²) in [4.78, 5) is 24.4. The van der Waals surface area contributed by atoms with E-state index in [1.54, 1.807) is 12.1 Å². The zero-order chi connectivity index (χ0) is 12.6. The van der Waals surface area contributed by atoms with Crippen LogP contribution in [0.15, 0.2) is 12.1 Å². The lowest BCUT2D eigenvalue weighted by atomic mass is 9.89. The van der Waals surface area contributed by atoms with Gasteiger partial charge in [-0.05, 0) is 25.5 Å². The van der Waals surface area contributed by atoms with Gasteiger partial charge >= 0.3 is 5.97 Å². The number of thiophene rings is 1. The Balaban J connectivity index is 2.15. The SMILES string of the molecule is CC1(C(N)=O)CCN(c2ccc(C(=O)O)s2)C1. The number of amides is 1. The summed E-state index contributed by atoms with van der Waals surface area (Å²) in [7, 11) is 0. The van der Waals surface area contributed by atoms with Gasteiger partial charge in [0.05, 0.1) is 10.4 Å². The molecule has 1 atom stereocenters. The van der Waals surface area contributed by atoms with Gasteiger partial charge in [0.2, 0.25) is 5.91 Å². The number of nitrogens with two attached hydrogens (primary N) is 1. The summed E-state index contributed by atoms with van der Waals surface area (Å²) >= 11 is 1.22. The van der Waals surface area contributed by atoms with E-state index in [4.69, 9.17) is 10.8 Å².